The van der Waals surface area contributed by atoms with E-state index >= 15 is 0 Å². The first-order chi connectivity index (χ1) is 7.70. The topological polar surface area (TPSA) is 55.1 Å². The molecule has 96 valence electrons. The van der Waals surface area contributed by atoms with E-state index in [0.717, 1.165) is 38.8 Å². The summed E-state index contributed by atoms with van der Waals surface area (Å²) in [6, 6.07) is 0. The fourth-order valence-corrected chi connectivity index (χ4v) is 1.52. The summed E-state index contributed by atoms with van der Waals surface area (Å²) in [4.78, 5) is 11.4. The molecule has 3 N–H and O–H groups in total. The lowest BCUT2D eigenvalue weighted by Gasteiger charge is -2.08. The molecule has 1 atom stereocenters. The fourth-order valence-electron chi connectivity index (χ4n) is 1.52. The molecule has 1 unspecified atom stereocenters. The third kappa shape index (κ3) is 9.97. The lowest BCUT2D eigenvalue weighted by atomic mass is 10.0. The Morgan fingerprint density at radius 2 is 1.94 bits per heavy atom. The maximum Gasteiger partial charge on any atom is 0.220 e. The maximum atomic E-state index is 11.4. The average Bonchev–Trinajstić information content (AvgIpc) is 2.30. The normalized spacial score (nSPS) is 12.4. The van der Waals surface area contributed by atoms with Crippen molar-refractivity contribution in [3.05, 3.63) is 0 Å². The van der Waals surface area contributed by atoms with Crippen molar-refractivity contribution in [3.8, 4) is 0 Å². The quantitative estimate of drug-likeness (QED) is 0.564. The van der Waals surface area contributed by atoms with Gasteiger partial charge in [0.15, 0.2) is 0 Å². The summed E-state index contributed by atoms with van der Waals surface area (Å²) in [5, 5.41) is 2.97. The molecule has 0 aromatic rings. The average molecular weight is 228 g/mol. The van der Waals surface area contributed by atoms with E-state index in [9.17, 15) is 4.79 Å². The van der Waals surface area contributed by atoms with Gasteiger partial charge in [-0.05, 0) is 31.7 Å². The van der Waals surface area contributed by atoms with Gasteiger partial charge in [-0.1, -0.05) is 33.1 Å². The van der Waals surface area contributed by atoms with Crippen LogP contribution in [0.15, 0.2) is 0 Å². The first-order valence-electron chi connectivity index (χ1n) is 6.67. The fraction of sp³-hybridized carbons (Fsp3) is 0.923. The first-order valence-corrected chi connectivity index (χ1v) is 6.67. The van der Waals surface area contributed by atoms with Crippen LogP contribution in [-0.2, 0) is 4.79 Å². The van der Waals surface area contributed by atoms with Crippen molar-refractivity contribution >= 4 is 5.91 Å². The second kappa shape index (κ2) is 10.9. The highest BCUT2D eigenvalue weighted by atomic mass is 16.1. The van der Waals surface area contributed by atoms with Crippen LogP contribution in [0.1, 0.15) is 58.8 Å². The summed E-state index contributed by atoms with van der Waals surface area (Å²) in [6.45, 7) is 5.96. The Bertz CT molecular complexity index is 171. The molecule has 3 heteroatoms. The highest BCUT2D eigenvalue weighted by Gasteiger charge is 2.04. The van der Waals surface area contributed by atoms with Crippen LogP contribution in [0.4, 0.5) is 0 Å². The number of rotatable bonds is 10. The summed E-state index contributed by atoms with van der Waals surface area (Å²) in [7, 11) is 0. The predicted molar refractivity (Wildman–Crippen MR) is 69.2 cm³/mol. The molecule has 0 radical (unpaired) electrons. The Labute approximate surface area is 100 Å². The van der Waals surface area contributed by atoms with Crippen LogP contribution in [0.5, 0.6) is 0 Å². The van der Waals surface area contributed by atoms with E-state index in [0.29, 0.717) is 12.3 Å². The van der Waals surface area contributed by atoms with E-state index in [1.807, 2.05) is 0 Å². The van der Waals surface area contributed by atoms with Gasteiger partial charge in [0.25, 0.3) is 0 Å². The molecular weight excluding hydrogens is 200 g/mol. The Morgan fingerprint density at radius 3 is 2.56 bits per heavy atom. The van der Waals surface area contributed by atoms with Gasteiger partial charge in [-0.3, -0.25) is 4.79 Å². The zero-order valence-electron chi connectivity index (χ0n) is 10.9. The van der Waals surface area contributed by atoms with E-state index in [1.54, 1.807) is 0 Å². The highest BCUT2D eigenvalue weighted by molar-refractivity contribution is 5.75. The molecule has 0 aliphatic carbocycles. The van der Waals surface area contributed by atoms with Crippen molar-refractivity contribution in [2.75, 3.05) is 13.1 Å². The molecule has 16 heavy (non-hydrogen) atoms. The minimum Gasteiger partial charge on any atom is -0.356 e. The zero-order valence-corrected chi connectivity index (χ0v) is 10.9. The van der Waals surface area contributed by atoms with Gasteiger partial charge in [0, 0.05) is 13.0 Å². The molecule has 0 aliphatic heterocycles. The maximum absolute atomic E-state index is 11.4. The number of nitrogens with two attached hydrogens (primary N) is 1. The van der Waals surface area contributed by atoms with Crippen LogP contribution in [0, 0.1) is 5.92 Å². The van der Waals surface area contributed by atoms with Gasteiger partial charge in [-0.25, -0.2) is 0 Å². The van der Waals surface area contributed by atoms with Gasteiger partial charge in [0.05, 0.1) is 0 Å². The molecule has 0 fully saturated rings. The molecule has 1 amide bonds. The second-order valence-corrected chi connectivity index (χ2v) is 4.60. The smallest absolute Gasteiger partial charge is 0.220 e. The standard InChI is InChI=1S/C13H28N2O/c1-3-12(2)8-9-13(16)15-11-7-5-4-6-10-14/h12H,3-11,14H2,1-2H3,(H,15,16). The summed E-state index contributed by atoms with van der Waals surface area (Å²) in [5.41, 5.74) is 5.40. The van der Waals surface area contributed by atoms with Crippen LogP contribution in [-0.4, -0.2) is 19.0 Å². The van der Waals surface area contributed by atoms with E-state index in [2.05, 4.69) is 19.2 Å². The number of hydrogen-bond donors (Lipinski definition) is 2. The molecule has 0 saturated heterocycles. The monoisotopic (exact) mass is 228 g/mol. The summed E-state index contributed by atoms with van der Waals surface area (Å²) < 4.78 is 0. The second-order valence-electron chi connectivity index (χ2n) is 4.60. The van der Waals surface area contributed by atoms with Crippen molar-refractivity contribution in [1.29, 1.82) is 0 Å². The van der Waals surface area contributed by atoms with Crippen molar-refractivity contribution in [1.82, 2.24) is 5.32 Å². The van der Waals surface area contributed by atoms with Gasteiger partial charge in [-0.15, -0.1) is 0 Å². The van der Waals surface area contributed by atoms with Crippen molar-refractivity contribution in [2.45, 2.75) is 58.8 Å². The molecule has 0 saturated carbocycles. The summed E-state index contributed by atoms with van der Waals surface area (Å²) >= 11 is 0. The third-order valence-corrected chi connectivity index (χ3v) is 3.01. The van der Waals surface area contributed by atoms with Gasteiger partial charge in [-0.2, -0.15) is 0 Å². The number of carbonyl (C=O) groups is 1. The highest BCUT2D eigenvalue weighted by Crippen LogP contribution is 2.08. The van der Waals surface area contributed by atoms with Crippen LogP contribution >= 0.6 is 0 Å². The van der Waals surface area contributed by atoms with Crippen LogP contribution in [0.3, 0.4) is 0 Å². The zero-order chi connectivity index (χ0) is 12.2. The van der Waals surface area contributed by atoms with Gasteiger partial charge < -0.3 is 11.1 Å². The van der Waals surface area contributed by atoms with Gasteiger partial charge in [0.1, 0.15) is 0 Å². The molecule has 0 rings (SSSR count). The van der Waals surface area contributed by atoms with Crippen LogP contribution in [0.25, 0.3) is 0 Å². The van der Waals surface area contributed by atoms with Crippen molar-refractivity contribution in [2.24, 2.45) is 11.7 Å². The minimum atomic E-state index is 0.208. The molecule has 0 bridgehead atoms. The Morgan fingerprint density at radius 1 is 1.25 bits per heavy atom. The summed E-state index contributed by atoms with van der Waals surface area (Å²) in [6.07, 6.45) is 7.37. The Hall–Kier alpha value is -0.570. The number of hydrogen-bond acceptors (Lipinski definition) is 2. The van der Waals surface area contributed by atoms with Crippen LogP contribution in [0.2, 0.25) is 0 Å². The van der Waals surface area contributed by atoms with Crippen molar-refractivity contribution < 1.29 is 4.79 Å². The Balaban J connectivity index is 3.24. The lowest BCUT2D eigenvalue weighted by Crippen LogP contribution is -2.24. The number of unbranched alkanes of at least 4 members (excludes halogenated alkanes) is 3. The number of carbonyl (C=O) groups excluding carboxylic acids is 1. The molecule has 0 aromatic carbocycles. The SMILES string of the molecule is CCC(C)CCC(=O)NCCCCCCN. The molecule has 0 aromatic heterocycles. The molecule has 0 aliphatic rings. The number of amides is 1. The van der Waals surface area contributed by atoms with Gasteiger partial charge >= 0.3 is 0 Å². The van der Waals surface area contributed by atoms with Crippen LogP contribution < -0.4 is 11.1 Å². The Kier molecular flexibility index (Phi) is 10.5. The van der Waals surface area contributed by atoms with Gasteiger partial charge in [0.2, 0.25) is 5.91 Å². The van der Waals surface area contributed by atoms with E-state index < -0.39 is 0 Å². The molecule has 3 nitrogen and oxygen atoms in total. The molecule has 0 heterocycles. The van der Waals surface area contributed by atoms with E-state index in [-0.39, 0.29) is 5.91 Å². The largest absolute Gasteiger partial charge is 0.356 e. The predicted octanol–water partition coefficient (Wildman–Crippen LogP) is 2.45. The number of nitrogens with one attached hydrogen (secondary N) is 1. The molecular formula is C13H28N2O. The lowest BCUT2D eigenvalue weighted by molar-refractivity contribution is -0.121. The van der Waals surface area contributed by atoms with Crippen molar-refractivity contribution in [3.63, 3.8) is 0 Å². The summed E-state index contributed by atoms with van der Waals surface area (Å²) in [5.74, 6) is 0.870. The minimum absolute atomic E-state index is 0.208. The third-order valence-electron chi connectivity index (χ3n) is 3.01. The van der Waals surface area contributed by atoms with E-state index in [4.69, 9.17) is 5.73 Å². The van der Waals surface area contributed by atoms with E-state index in [1.165, 1.54) is 12.8 Å². The molecule has 0 spiro atoms. The first kappa shape index (κ1) is 15.4.